The minimum absolute atomic E-state index is 0.0853. The number of aryl methyl sites for hydroxylation is 1. The van der Waals surface area contributed by atoms with E-state index in [0.29, 0.717) is 50.3 Å². The molecule has 2 aliphatic rings. The number of rotatable bonds is 9. The number of nitrogens with one attached hydrogen (secondary N) is 1. The predicted octanol–water partition coefficient (Wildman–Crippen LogP) is 9.90. The van der Waals surface area contributed by atoms with Crippen LogP contribution in [-0.4, -0.2) is 43.4 Å². The first-order chi connectivity index (χ1) is 27.0. The lowest BCUT2D eigenvalue weighted by Crippen LogP contribution is -2.26. The highest BCUT2D eigenvalue weighted by molar-refractivity contribution is 7.12. The molecule has 0 unspecified atom stereocenters. The molecule has 8 rings (SSSR count). The summed E-state index contributed by atoms with van der Waals surface area (Å²) in [6, 6.07) is 21.1. The van der Waals surface area contributed by atoms with Gasteiger partial charge in [-0.15, -0.1) is 11.3 Å². The van der Waals surface area contributed by atoms with Crippen molar-refractivity contribution in [2.75, 3.05) is 17.3 Å². The van der Waals surface area contributed by atoms with Crippen molar-refractivity contribution >= 4 is 34.5 Å². The van der Waals surface area contributed by atoms with Gasteiger partial charge in [-0.05, 0) is 111 Å². The van der Waals surface area contributed by atoms with Crippen molar-refractivity contribution in [3.05, 3.63) is 135 Å². The van der Waals surface area contributed by atoms with E-state index in [4.69, 9.17) is 0 Å². The third kappa shape index (κ3) is 9.25. The monoisotopic (exact) mass is 809 g/mol. The number of carbonyl (C=O) groups excluding carboxylic acids is 2. The van der Waals surface area contributed by atoms with Crippen LogP contribution in [0.5, 0.6) is 0 Å². The van der Waals surface area contributed by atoms with E-state index >= 15 is 0 Å². The molecule has 2 amide bonds. The van der Waals surface area contributed by atoms with Crippen LogP contribution in [0.2, 0.25) is 0 Å². The second-order valence-corrected chi connectivity index (χ2v) is 14.7. The van der Waals surface area contributed by atoms with Gasteiger partial charge in [-0.25, -0.2) is 18.7 Å². The SMILES string of the molecule is Cc1ncsc1C(=O)N(C)c1ccc(-n2nc(C(F)(F)F)cc2C2CC2)cc1.O=C(Cc1ccc(F)cc1)Nc1ccc(-n2nc(C(F)(F)F)cc2C2CC2)cc1. The van der Waals surface area contributed by atoms with E-state index in [-0.39, 0.29) is 35.9 Å². The molecule has 0 atom stereocenters. The number of thiazole rings is 1. The first-order valence-corrected chi connectivity index (χ1v) is 18.7. The van der Waals surface area contributed by atoms with Crippen LogP contribution < -0.4 is 10.2 Å². The fourth-order valence-corrected chi connectivity index (χ4v) is 6.87. The van der Waals surface area contributed by atoms with E-state index in [1.165, 1.54) is 49.9 Å². The Labute approximate surface area is 325 Å². The van der Waals surface area contributed by atoms with Crippen molar-refractivity contribution in [1.82, 2.24) is 24.5 Å². The van der Waals surface area contributed by atoms with Crippen molar-refractivity contribution in [3.8, 4) is 11.4 Å². The third-order valence-electron chi connectivity index (χ3n) is 9.45. The van der Waals surface area contributed by atoms with Gasteiger partial charge in [0.25, 0.3) is 5.91 Å². The number of benzene rings is 3. The Morgan fingerprint density at radius 2 is 1.26 bits per heavy atom. The van der Waals surface area contributed by atoms with Gasteiger partial charge in [0.15, 0.2) is 11.4 Å². The van der Waals surface area contributed by atoms with Crippen molar-refractivity contribution in [3.63, 3.8) is 0 Å². The maximum atomic E-state index is 13.1. The standard InChI is InChI=1S/C21H17F4N3O.C19H17F3N4OS/c22-15-5-1-13(2-6-15)11-20(29)26-16-7-9-17(10-8-16)28-18(14-3-4-14)12-19(27-28)21(23,24)25;1-11-17(28-10-23-11)18(27)25(2)13-5-7-14(8-6-13)26-15(12-3-4-12)9-16(24-26)19(20,21)22/h1-2,5-10,12,14H,3-4,11H2,(H,26,29);5-10,12H,3-4H2,1-2H3. The van der Waals surface area contributed by atoms with Gasteiger partial charge in [-0.1, -0.05) is 12.1 Å². The van der Waals surface area contributed by atoms with Gasteiger partial charge in [0.05, 0.1) is 29.0 Å². The fraction of sp³-hybridized carbons (Fsp3) is 0.275. The van der Waals surface area contributed by atoms with Crippen LogP contribution in [0.25, 0.3) is 11.4 Å². The molecular formula is C40H34F7N7O2S. The molecule has 2 aliphatic carbocycles. The lowest BCUT2D eigenvalue weighted by molar-refractivity contribution is -0.142. The second kappa shape index (κ2) is 15.6. The Morgan fingerprint density at radius 3 is 1.70 bits per heavy atom. The average Bonchev–Trinajstić information content (AvgIpc) is 4.07. The van der Waals surface area contributed by atoms with E-state index < -0.39 is 23.7 Å². The van der Waals surface area contributed by atoms with Gasteiger partial charge in [-0.2, -0.15) is 36.5 Å². The van der Waals surface area contributed by atoms with Gasteiger partial charge in [0, 0.05) is 41.6 Å². The van der Waals surface area contributed by atoms with E-state index in [2.05, 4.69) is 20.5 Å². The van der Waals surface area contributed by atoms with Crippen LogP contribution in [0.4, 0.5) is 42.1 Å². The zero-order chi connectivity index (χ0) is 40.6. The number of nitrogens with zero attached hydrogens (tertiary/aromatic N) is 6. The van der Waals surface area contributed by atoms with Crippen LogP contribution in [0.15, 0.2) is 90.4 Å². The first-order valence-electron chi connectivity index (χ1n) is 17.8. The molecule has 296 valence electrons. The lowest BCUT2D eigenvalue weighted by atomic mass is 10.1. The van der Waals surface area contributed by atoms with Crippen LogP contribution >= 0.6 is 11.3 Å². The maximum Gasteiger partial charge on any atom is 0.435 e. The zero-order valence-electron chi connectivity index (χ0n) is 30.4. The Balaban J connectivity index is 0.000000174. The molecule has 2 saturated carbocycles. The average molecular weight is 810 g/mol. The molecule has 1 N–H and O–H groups in total. The number of carbonyl (C=O) groups is 2. The van der Waals surface area contributed by atoms with Gasteiger partial charge in [0.2, 0.25) is 5.91 Å². The molecule has 0 aliphatic heterocycles. The quantitative estimate of drug-likeness (QED) is 0.147. The normalized spacial score (nSPS) is 14.2. The highest BCUT2D eigenvalue weighted by Crippen LogP contribution is 2.44. The molecule has 0 saturated heterocycles. The Hall–Kier alpha value is -5.84. The number of anilines is 2. The van der Waals surface area contributed by atoms with Crippen LogP contribution in [-0.2, 0) is 23.6 Å². The maximum absolute atomic E-state index is 13.1. The summed E-state index contributed by atoms with van der Waals surface area (Å²) in [6.45, 7) is 1.77. The molecule has 3 aromatic heterocycles. The molecule has 0 spiro atoms. The van der Waals surface area contributed by atoms with E-state index in [1.807, 2.05) is 0 Å². The largest absolute Gasteiger partial charge is 0.435 e. The van der Waals surface area contributed by atoms with Crippen molar-refractivity contribution in [2.24, 2.45) is 0 Å². The summed E-state index contributed by atoms with van der Waals surface area (Å²) in [6.07, 6.45) is -5.46. The predicted molar refractivity (Wildman–Crippen MR) is 199 cm³/mol. The summed E-state index contributed by atoms with van der Waals surface area (Å²) >= 11 is 1.27. The number of hydrogen-bond donors (Lipinski definition) is 1. The lowest BCUT2D eigenvalue weighted by Gasteiger charge is -2.17. The number of amides is 2. The molecule has 6 aromatic rings. The van der Waals surface area contributed by atoms with Crippen LogP contribution in [0.1, 0.15) is 81.2 Å². The highest BCUT2D eigenvalue weighted by atomic mass is 32.1. The molecule has 57 heavy (non-hydrogen) atoms. The summed E-state index contributed by atoms with van der Waals surface area (Å²) in [5.74, 6) is -0.621. The van der Waals surface area contributed by atoms with Crippen LogP contribution in [0, 0.1) is 12.7 Å². The van der Waals surface area contributed by atoms with Gasteiger partial charge < -0.3 is 10.2 Å². The first kappa shape index (κ1) is 39.4. The second-order valence-electron chi connectivity index (χ2n) is 13.8. The number of alkyl halides is 6. The smallest absolute Gasteiger partial charge is 0.326 e. The topological polar surface area (TPSA) is 97.9 Å². The van der Waals surface area contributed by atoms with Gasteiger partial charge >= 0.3 is 12.4 Å². The van der Waals surface area contributed by atoms with Gasteiger partial charge in [-0.3, -0.25) is 9.59 Å². The van der Waals surface area contributed by atoms with Crippen molar-refractivity contribution in [2.45, 2.75) is 63.2 Å². The molecule has 17 heteroatoms. The molecule has 3 heterocycles. The van der Waals surface area contributed by atoms with Crippen LogP contribution in [0.3, 0.4) is 0 Å². The molecule has 3 aromatic carbocycles. The molecule has 9 nitrogen and oxygen atoms in total. The Kier molecular flexibility index (Phi) is 10.8. The summed E-state index contributed by atoms with van der Waals surface area (Å²) < 4.78 is 94.0. The minimum Gasteiger partial charge on any atom is -0.326 e. The van der Waals surface area contributed by atoms with Gasteiger partial charge in [0.1, 0.15) is 10.7 Å². The Morgan fingerprint density at radius 1 is 0.772 bits per heavy atom. The molecule has 0 radical (unpaired) electrons. The zero-order valence-corrected chi connectivity index (χ0v) is 31.2. The van der Waals surface area contributed by atoms with Crippen molar-refractivity contribution in [1.29, 1.82) is 0 Å². The number of aromatic nitrogens is 5. The van der Waals surface area contributed by atoms with Crippen molar-refractivity contribution < 1.29 is 40.3 Å². The minimum atomic E-state index is -4.50. The fourth-order valence-electron chi connectivity index (χ4n) is 6.09. The summed E-state index contributed by atoms with van der Waals surface area (Å²) in [5.41, 5.74) is 4.48. The molecule has 0 bridgehead atoms. The third-order valence-corrected chi connectivity index (χ3v) is 10.4. The summed E-state index contributed by atoms with van der Waals surface area (Å²) in [5, 5.41) is 10.2. The van der Waals surface area contributed by atoms with E-state index in [1.54, 1.807) is 68.0 Å². The number of halogens is 7. The van der Waals surface area contributed by atoms with E-state index in [9.17, 15) is 40.3 Å². The molecular weight excluding hydrogens is 776 g/mol. The summed E-state index contributed by atoms with van der Waals surface area (Å²) in [7, 11) is 1.65. The summed E-state index contributed by atoms with van der Waals surface area (Å²) in [4.78, 5) is 30.9. The number of hydrogen-bond acceptors (Lipinski definition) is 6. The Bertz CT molecular complexity index is 2370. The highest BCUT2D eigenvalue weighted by Gasteiger charge is 2.39. The molecule has 2 fully saturated rings. The van der Waals surface area contributed by atoms with E-state index in [0.717, 1.165) is 37.8 Å².